The number of fused-ring (bicyclic) bond motifs is 2. The van der Waals surface area contributed by atoms with Crippen LogP contribution in [-0.4, -0.2) is 8.07 Å². The van der Waals surface area contributed by atoms with Crippen molar-refractivity contribution in [2.45, 2.75) is 77.4 Å². The molecular weight excluding hydrogens is 232 g/mol. The molecule has 100 valence electrons. The molecule has 1 unspecified atom stereocenters. The van der Waals surface area contributed by atoms with Gasteiger partial charge in [0, 0.05) is 0 Å². The molecule has 1 heteroatoms. The van der Waals surface area contributed by atoms with Crippen LogP contribution in [-0.2, 0) is 0 Å². The van der Waals surface area contributed by atoms with Gasteiger partial charge in [-0.15, -0.1) is 0 Å². The molecule has 0 nitrogen and oxygen atoms in total. The van der Waals surface area contributed by atoms with E-state index in [2.05, 4.69) is 19.6 Å². The van der Waals surface area contributed by atoms with Crippen molar-refractivity contribution in [3.05, 3.63) is 21.9 Å². The van der Waals surface area contributed by atoms with Crippen molar-refractivity contribution in [2.75, 3.05) is 0 Å². The maximum absolute atomic E-state index is 2.56. The van der Waals surface area contributed by atoms with Gasteiger partial charge in [-0.05, 0) is 68.4 Å². The largest absolute Gasteiger partial charge is 0.0771 e. The van der Waals surface area contributed by atoms with Gasteiger partial charge < -0.3 is 0 Å². The van der Waals surface area contributed by atoms with Crippen molar-refractivity contribution >= 4 is 8.07 Å². The number of hydrogen-bond acceptors (Lipinski definition) is 0. The lowest BCUT2D eigenvalue weighted by atomic mass is 9.71. The minimum atomic E-state index is -1.10. The van der Waals surface area contributed by atoms with Crippen molar-refractivity contribution in [1.29, 1.82) is 0 Å². The molecule has 0 aromatic carbocycles. The summed E-state index contributed by atoms with van der Waals surface area (Å²) in [4.78, 5) is 0. The smallest absolute Gasteiger partial charge is 0.0728 e. The molecule has 0 aromatic heterocycles. The van der Waals surface area contributed by atoms with Crippen molar-refractivity contribution in [3.63, 3.8) is 0 Å². The van der Waals surface area contributed by atoms with Gasteiger partial charge in [-0.25, -0.2) is 0 Å². The van der Waals surface area contributed by atoms with E-state index < -0.39 is 8.07 Å². The van der Waals surface area contributed by atoms with Crippen LogP contribution in [0.2, 0.25) is 19.6 Å². The molecule has 0 spiro atoms. The van der Waals surface area contributed by atoms with Gasteiger partial charge in [0.25, 0.3) is 0 Å². The predicted octanol–water partition coefficient (Wildman–Crippen LogP) is 5.62. The Morgan fingerprint density at radius 1 is 0.833 bits per heavy atom. The van der Waals surface area contributed by atoms with Crippen molar-refractivity contribution in [1.82, 2.24) is 0 Å². The molecule has 2 saturated carbocycles. The van der Waals surface area contributed by atoms with Crippen molar-refractivity contribution < 1.29 is 0 Å². The molecule has 0 heterocycles. The molecule has 0 saturated heterocycles. The van der Waals surface area contributed by atoms with E-state index in [0.717, 1.165) is 5.92 Å². The summed E-state index contributed by atoms with van der Waals surface area (Å²) in [6.07, 6.45) is 13.0. The Morgan fingerprint density at radius 3 is 2.22 bits per heavy atom. The molecule has 0 radical (unpaired) electrons. The lowest BCUT2D eigenvalue weighted by Gasteiger charge is -2.41. The molecule has 1 atom stereocenters. The molecule has 3 aliphatic rings. The lowest BCUT2D eigenvalue weighted by molar-refractivity contribution is 0.433. The maximum atomic E-state index is 2.56. The Labute approximate surface area is 114 Å². The lowest BCUT2D eigenvalue weighted by Crippen LogP contribution is -2.32. The second-order valence-electron chi connectivity index (χ2n) is 7.56. The Morgan fingerprint density at radius 2 is 1.50 bits per heavy atom. The van der Waals surface area contributed by atoms with Crippen LogP contribution in [0.3, 0.4) is 0 Å². The van der Waals surface area contributed by atoms with E-state index in [-0.39, 0.29) is 0 Å². The Bertz CT molecular complexity index is 406. The molecule has 3 aliphatic carbocycles. The third kappa shape index (κ3) is 2.15. The van der Waals surface area contributed by atoms with Gasteiger partial charge in [-0.2, -0.15) is 0 Å². The van der Waals surface area contributed by atoms with Gasteiger partial charge in [0.2, 0.25) is 0 Å². The zero-order valence-corrected chi connectivity index (χ0v) is 13.4. The standard InChI is InChI=1S/C17H28Si/c1-18(2,3)17-12-13-8-4-5-9-14(13)15-10-6-7-11-16(15)17/h13H,4-12H2,1-3H3. The Kier molecular flexibility index (Phi) is 3.30. The van der Waals surface area contributed by atoms with Gasteiger partial charge >= 0.3 is 0 Å². The van der Waals surface area contributed by atoms with Crippen LogP contribution in [0.15, 0.2) is 21.9 Å². The van der Waals surface area contributed by atoms with Gasteiger partial charge in [0.1, 0.15) is 0 Å². The fourth-order valence-electron chi connectivity index (χ4n) is 4.43. The molecule has 2 fully saturated rings. The first kappa shape index (κ1) is 12.7. The summed E-state index contributed by atoms with van der Waals surface area (Å²) in [5, 5.41) is 1.95. The van der Waals surface area contributed by atoms with Crippen LogP contribution in [0, 0.1) is 5.92 Å². The minimum absolute atomic E-state index is 0.956. The molecule has 0 bridgehead atoms. The Balaban J connectivity index is 2.07. The highest BCUT2D eigenvalue weighted by atomic mass is 28.3. The summed E-state index contributed by atoms with van der Waals surface area (Å²) >= 11 is 0. The first-order valence-corrected chi connectivity index (χ1v) is 11.5. The van der Waals surface area contributed by atoms with E-state index >= 15 is 0 Å². The second kappa shape index (κ2) is 4.66. The van der Waals surface area contributed by atoms with Gasteiger partial charge in [-0.1, -0.05) is 36.8 Å². The van der Waals surface area contributed by atoms with Crippen molar-refractivity contribution in [2.24, 2.45) is 5.92 Å². The average Bonchev–Trinajstić information content (AvgIpc) is 2.37. The molecule has 0 aromatic rings. The van der Waals surface area contributed by atoms with Crippen LogP contribution in [0.25, 0.3) is 0 Å². The van der Waals surface area contributed by atoms with Crippen LogP contribution >= 0.6 is 0 Å². The fraction of sp³-hybridized carbons (Fsp3) is 0.765. The maximum Gasteiger partial charge on any atom is 0.0728 e. The molecular formula is C17H28Si. The summed E-state index contributed by atoms with van der Waals surface area (Å²) in [6.45, 7) is 7.69. The summed E-state index contributed by atoms with van der Waals surface area (Å²) < 4.78 is 0. The van der Waals surface area contributed by atoms with Gasteiger partial charge in [0.05, 0.1) is 8.07 Å². The van der Waals surface area contributed by atoms with Gasteiger partial charge in [0.15, 0.2) is 0 Å². The summed E-state index contributed by atoms with van der Waals surface area (Å²) in [5.74, 6) is 0.956. The summed E-state index contributed by atoms with van der Waals surface area (Å²) in [7, 11) is -1.10. The van der Waals surface area contributed by atoms with E-state index in [1.807, 2.05) is 21.9 Å². The summed E-state index contributed by atoms with van der Waals surface area (Å²) in [5.41, 5.74) is 5.65. The highest BCUT2D eigenvalue weighted by Gasteiger charge is 2.35. The van der Waals surface area contributed by atoms with E-state index in [1.54, 1.807) is 0 Å². The third-order valence-corrected chi connectivity index (χ3v) is 7.63. The van der Waals surface area contributed by atoms with E-state index in [9.17, 15) is 0 Å². The van der Waals surface area contributed by atoms with Crippen LogP contribution < -0.4 is 0 Å². The molecule has 0 aliphatic heterocycles. The molecule has 0 amide bonds. The first-order valence-electron chi connectivity index (χ1n) is 8.02. The fourth-order valence-corrected chi connectivity index (χ4v) is 6.47. The van der Waals surface area contributed by atoms with Crippen LogP contribution in [0.5, 0.6) is 0 Å². The highest BCUT2D eigenvalue weighted by molar-refractivity contribution is 6.83. The zero-order valence-electron chi connectivity index (χ0n) is 12.4. The van der Waals surface area contributed by atoms with Crippen molar-refractivity contribution in [3.8, 4) is 0 Å². The minimum Gasteiger partial charge on any atom is -0.0771 e. The highest BCUT2D eigenvalue weighted by Crippen LogP contribution is 2.49. The molecule has 18 heavy (non-hydrogen) atoms. The second-order valence-corrected chi connectivity index (χ2v) is 12.7. The van der Waals surface area contributed by atoms with E-state index in [4.69, 9.17) is 0 Å². The van der Waals surface area contributed by atoms with E-state index in [0.29, 0.717) is 0 Å². The molecule has 0 N–H and O–H groups in total. The Hall–Kier alpha value is -0.303. The van der Waals surface area contributed by atoms with Crippen LogP contribution in [0.1, 0.15) is 57.8 Å². The third-order valence-electron chi connectivity index (χ3n) is 5.32. The monoisotopic (exact) mass is 260 g/mol. The number of allylic oxidation sites excluding steroid dienone is 4. The van der Waals surface area contributed by atoms with Gasteiger partial charge in [-0.3, -0.25) is 0 Å². The number of hydrogen-bond donors (Lipinski definition) is 0. The first-order chi connectivity index (χ1) is 8.57. The normalized spacial score (nSPS) is 29.2. The number of rotatable bonds is 1. The molecule has 3 rings (SSSR count). The summed E-state index contributed by atoms with van der Waals surface area (Å²) in [6, 6.07) is 0. The predicted molar refractivity (Wildman–Crippen MR) is 82.4 cm³/mol. The quantitative estimate of drug-likeness (QED) is 0.536. The zero-order chi connectivity index (χ0) is 12.8. The van der Waals surface area contributed by atoms with Crippen LogP contribution in [0.4, 0.5) is 0 Å². The average molecular weight is 260 g/mol. The van der Waals surface area contributed by atoms with E-state index in [1.165, 1.54) is 57.8 Å². The topological polar surface area (TPSA) is 0 Å². The SMILES string of the molecule is C[Si](C)(C)C1=C2CCCCC2=C2CCCCC2C1.